The van der Waals surface area contributed by atoms with E-state index in [4.69, 9.17) is 42.6 Å². The third-order valence-electron chi connectivity index (χ3n) is 26.1. The summed E-state index contributed by atoms with van der Waals surface area (Å²) in [7, 11) is 0. The summed E-state index contributed by atoms with van der Waals surface area (Å²) in [6.07, 6.45) is 5.94. The Bertz CT molecular complexity index is 5320. The molecule has 11 atom stereocenters. The molecule has 2 amide bonds. The van der Waals surface area contributed by atoms with E-state index >= 15 is 8.78 Å². The fourth-order valence-corrected chi connectivity index (χ4v) is 19.4. The predicted molar refractivity (Wildman–Crippen MR) is 508 cm³/mol. The number of carbonyl (C=O) groups is 7. The number of nitrogens with zero attached hydrogens (tertiary/aromatic N) is 2. The fourth-order valence-electron chi connectivity index (χ4n) is 19.4. The Morgan fingerprint density at radius 1 is 0.290 bits per heavy atom. The van der Waals surface area contributed by atoms with Gasteiger partial charge in [0.2, 0.25) is 0 Å². The van der Waals surface area contributed by atoms with E-state index in [9.17, 15) is 59.9 Å². The number of carbonyl (C=O) groups excluding carboxylic acids is 7. The topological polar surface area (TPSA) is 221 Å². The molecule has 736 valence electrons. The van der Waals surface area contributed by atoms with Gasteiger partial charge >= 0.3 is 36.1 Å². The average Bonchev–Trinajstić information content (AvgIpc) is 1.63. The van der Waals surface area contributed by atoms with Crippen LogP contribution in [0.15, 0.2) is 255 Å². The molecule has 1 N–H and O–H groups in total. The predicted octanol–water partition coefficient (Wildman–Crippen LogP) is 22.8. The second-order valence-corrected chi connectivity index (χ2v) is 34.9. The van der Waals surface area contributed by atoms with Crippen LogP contribution in [0.4, 0.5) is 44.7 Å². The van der Waals surface area contributed by atoms with Gasteiger partial charge in [0.1, 0.15) is 92.0 Å². The second kappa shape index (κ2) is 53.7. The number of Topliss-reactive ketones (excluding diaryl/α,β-unsaturated/α-hetero) is 1. The van der Waals surface area contributed by atoms with Crippen molar-refractivity contribution in [1.29, 1.82) is 0 Å². The molecule has 2 unspecified atom stereocenters. The summed E-state index contributed by atoms with van der Waals surface area (Å²) in [5, 5.41) is 3.62. The molecule has 0 bridgehead atoms. The van der Waals surface area contributed by atoms with Gasteiger partial charge in [-0.3, -0.25) is 24.0 Å². The lowest BCUT2D eigenvalue weighted by atomic mass is 9.88. The lowest BCUT2D eigenvalue weighted by Gasteiger charge is -2.37. The summed E-state index contributed by atoms with van der Waals surface area (Å²) in [6.45, 7) is 4.19. The van der Waals surface area contributed by atoms with E-state index in [-0.39, 0.29) is 154 Å². The molecule has 10 aromatic rings. The highest BCUT2D eigenvalue weighted by Gasteiger charge is 2.50. The first-order valence-corrected chi connectivity index (χ1v) is 45.7. The molecule has 28 heteroatoms. The lowest BCUT2D eigenvalue weighted by Crippen LogP contribution is -2.49. The van der Waals surface area contributed by atoms with Crippen LogP contribution in [0.25, 0.3) is 0 Å². The Morgan fingerprint density at radius 2 is 0.551 bits per heavy atom. The Morgan fingerprint density at radius 3 is 0.848 bits per heavy atom. The molecule has 3 heterocycles. The van der Waals surface area contributed by atoms with Gasteiger partial charge in [-0.25, -0.2) is 44.7 Å². The number of hydrogen-bond donors (Lipinski definition) is 1. The van der Waals surface area contributed by atoms with Crippen molar-refractivity contribution < 1.29 is 111 Å². The zero-order valence-corrected chi connectivity index (χ0v) is 75.4. The van der Waals surface area contributed by atoms with Crippen molar-refractivity contribution >= 4 is 55.3 Å². The summed E-state index contributed by atoms with van der Waals surface area (Å²) in [4.78, 5) is 94.6. The van der Waals surface area contributed by atoms with Crippen molar-refractivity contribution in [2.45, 2.75) is 212 Å². The standard InChI is InChI=1S/2C32H33F2NO5.C24H27F2NO3.C19H16F2O3.3CH4.S/c2*33-24-11-12-27(30(34)17-24)28-18-26(19-29(28)31(36)39-20-22-7-3-1-4-8-22)35(25-13-15-38-16-14-25)32(37)40-21-23-9-5-2-6-10-23;25-17-6-7-20(23(26)12-17)21-13-19(27-18-8-10-29-11-9-18)14-22(21)24(28)30-15-16-4-2-1-3-5-16;20-13-6-7-15(18(21)8-13)16-9-14(22)10-17(16)19(23)24-11-12-4-2-1-3-5-12;;;;/h2*1-12,17,25-26,28-29H,13-16,18-21H2;1-7,12,18-19,21-22,27H,8-11,13-15H2;1-8,16-17H,9-11H2;3*1H4;/q;;;;;;;-2/t26?,28-,29+;26-,28-,29+;19?,21-,22+;16-,17+;;;;/m0000..../s1. The van der Waals surface area contributed by atoms with E-state index in [1.165, 1.54) is 42.5 Å². The van der Waals surface area contributed by atoms with Crippen molar-refractivity contribution in [2.24, 2.45) is 23.7 Å². The number of halogens is 8. The van der Waals surface area contributed by atoms with E-state index in [1.807, 2.05) is 182 Å². The number of hydrogen-bond acceptors (Lipinski definition) is 17. The van der Waals surface area contributed by atoms with Crippen LogP contribution >= 0.6 is 0 Å². The second-order valence-electron chi connectivity index (χ2n) is 34.9. The van der Waals surface area contributed by atoms with Crippen molar-refractivity contribution in [1.82, 2.24) is 15.1 Å². The molecule has 19 nitrogen and oxygen atoms in total. The maximum absolute atomic E-state index is 15.0. The molecule has 4 saturated carbocycles. The van der Waals surface area contributed by atoms with Crippen molar-refractivity contribution in [3.63, 3.8) is 0 Å². The highest BCUT2D eigenvalue weighted by atomic mass is 32.1. The molecule has 0 radical (unpaired) electrons. The molecule has 3 aliphatic heterocycles. The molecule has 0 aromatic heterocycles. The van der Waals surface area contributed by atoms with Crippen LogP contribution in [0.3, 0.4) is 0 Å². The number of amides is 2. The number of ether oxygens (including phenoxy) is 9. The van der Waals surface area contributed by atoms with Crippen molar-refractivity contribution in [2.75, 3.05) is 39.6 Å². The van der Waals surface area contributed by atoms with Crippen molar-refractivity contribution in [3.05, 3.63) is 357 Å². The van der Waals surface area contributed by atoms with Gasteiger partial charge in [0.25, 0.3) is 0 Å². The Balaban J connectivity index is 0.000000191. The van der Waals surface area contributed by atoms with E-state index in [0.29, 0.717) is 89.4 Å². The summed E-state index contributed by atoms with van der Waals surface area (Å²) in [6, 6.07) is 69.1. The third kappa shape index (κ3) is 30.0. The Labute approximate surface area is 809 Å². The summed E-state index contributed by atoms with van der Waals surface area (Å²) >= 11 is 0. The fraction of sp³-hybridized carbons (Fsp3) is 0.391. The number of rotatable bonds is 26. The van der Waals surface area contributed by atoms with Crippen LogP contribution in [0.5, 0.6) is 0 Å². The average molecular weight is 1930 g/mol. The number of benzene rings is 10. The normalized spacial score (nSPS) is 21.1. The summed E-state index contributed by atoms with van der Waals surface area (Å²) < 4.78 is 163. The molecule has 10 aromatic carbocycles. The smallest absolute Gasteiger partial charge is 0.410 e. The zero-order chi connectivity index (χ0) is 93.8. The van der Waals surface area contributed by atoms with Crippen LogP contribution in [0, 0.1) is 70.2 Å². The van der Waals surface area contributed by atoms with Gasteiger partial charge in [-0.15, -0.1) is 0 Å². The van der Waals surface area contributed by atoms with Gasteiger partial charge in [0.15, 0.2) is 0 Å². The minimum atomic E-state index is -0.740. The highest BCUT2D eigenvalue weighted by Crippen LogP contribution is 2.49. The summed E-state index contributed by atoms with van der Waals surface area (Å²) in [5.41, 5.74) is 6.20. The zero-order valence-electron chi connectivity index (χ0n) is 74.6. The molecule has 138 heavy (non-hydrogen) atoms. The van der Waals surface area contributed by atoms with Gasteiger partial charge in [0.05, 0.1) is 23.7 Å². The van der Waals surface area contributed by atoms with Crippen LogP contribution < -0.4 is 5.32 Å². The van der Waals surface area contributed by atoms with Crippen LogP contribution in [-0.4, -0.2) is 128 Å². The first kappa shape index (κ1) is 108. The molecule has 0 spiro atoms. The molecule has 3 saturated heterocycles. The first-order valence-electron chi connectivity index (χ1n) is 45.7. The number of esters is 4. The molecule has 4 aliphatic carbocycles. The van der Waals surface area contributed by atoms with E-state index in [0.717, 1.165) is 89.8 Å². The molecule has 7 aliphatic rings. The molecule has 7 fully saturated rings. The SMILES string of the molecule is C.C.C.O=C(OCc1ccccc1)[C@@H]1CC(N(C(=O)OCc2ccccc2)C2CCOCC2)C[C@H]1c1ccc(F)cc1F.O=C(OCc1ccccc1)[C@@H]1CC(NC2CCOCC2)C[C@H]1c1ccc(F)cc1F.O=C(OCc1ccccc1)[C@@H]1C[C@@H](N(C(=O)OCc2ccccc2)C2CCOCC2)C[C@H]1c1ccc(F)cc1F.O=C1C[C@@H](C(=O)OCc2ccccc2)[C@H](c2ccc(F)cc2F)C1.[S-2]. The lowest BCUT2D eigenvalue weighted by molar-refractivity contribution is -0.151. The van der Waals surface area contributed by atoms with Gasteiger partial charge in [-0.05, 0) is 157 Å². The monoisotopic (exact) mass is 1920 g/mol. The molecule has 17 rings (SSSR count). The molecular formula is C110H121F8N3O16S-2. The maximum atomic E-state index is 15.0. The van der Waals surface area contributed by atoms with Gasteiger partial charge in [-0.2, -0.15) is 0 Å². The highest BCUT2D eigenvalue weighted by molar-refractivity contribution is 7.37. The third-order valence-corrected chi connectivity index (χ3v) is 26.1. The number of ketones is 1. The Kier molecular flexibility index (Phi) is 42.0. The quantitative estimate of drug-likeness (QED) is 0.0302. The van der Waals surface area contributed by atoms with E-state index in [2.05, 4.69) is 5.32 Å². The van der Waals surface area contributed by atoms with Crippen LogP contribution in [-0.2, 0) is 120 Å². The van der Waals surface area contributed by atoms with Gasteiger partial charge < -0.3 is 71.2 Å². The summed E-state index contributed by atoms with van der Waals surface area (Å²) in [5.74, 6) is -12.1. The van der Waals surface area contributed by atoms with E-state index in [1.54, 1.807) is 9.80 Å². The number of nitrogens with one attached hydrogen (secondary N) is 1. The first-order chi connectivity index (χ1) is 65.1. The van der Waals surface area contributed by atoms with Crippen LogP contribution in [0.1, 0.15) is 191 Å². The Hall–Kier alpha value is -12.1. The van der Waals surface area contributed by atoms with E-state index < -0.39 is 130 Å². The largest absolute Gasteiger partial charge is 2.00 e. The van der Waals surface area contributed by atoms with Gasteiger partial charge in [-0.1, -0.05) is 229 Å². The molecular weight excluding hydrogens is 1800 g/mol. The van der Waals surface area contributed by atoms with Crippen molar-refractivity contribution in [3.8, 4) is 0 Å². The van der Waals surface area contributed by atoms with Gasteiger partial charge in [0, 0.05) is 137 Å². The minimum absolute atomic E-state index is 0. The minimum Gasteiger partial charge on any atom is -2.00 e. The van der Waals surface area contributed by atoms with Crippen LogP contribution in [0.2, 0.25) is 0 Å². The maximum Gasteiger partial charge on any atom is 0.410 e.